The first-order valence-corrected chi connectivity index (χ1v) is 8.39. The average molecular weight is 349 g/mol. The molecule has 0 radical (unpaired) electrons. The van der Waals surface area contributed by atoms with Crippen molar-refractivity contribution in [1.29, 1.82) is 0 Å². The van der Waals surface area contributed by atoms with Crippen molar-refractivity contribution < 1.29 is 19.6 Å². The molecule has 2 unspecified atom stereocenters. The molecule has 1 saturated heterocycles. The Kier molecular flexibility index (Phi) is 6.32. The zero-order valence-corrected chi connectivity index (χ0v) is 14.2. The van der Waals surface area contributed by atoms with E-state index in [1.807, 2.05) is 6.92 Å². The third kappa shape index (κ3) is 5.17. The fraction of sp³-hybridized carbons (Fsp3) is 0.529. The minimum atomic E-state index is -0.843. The number of likely N-dealkylation sites (tertiary alicyclic amines) is 1. The average Bonchev–Trinajstić information content (AvgIpc) is 2.59. The molecule has 1 fully saturated rings. The third-order valence-corrected chi connectivity index (χ3v) is 4.53. The fourth-order valence-electron chi connectivity index (χ4n) is 2.97. The SMILES string of the molecule is CC1CCC(C(=O)O)CN1C(=O)CCCNc1ccc([N+](=O)[O-])cc1. The van der Waals surface area contributed by atoms with Gasteiger partial charge >= 0.3 is 5.97 Å². The van der Waals surface area contributed by atoms with Crippen molar-refractivity contribution in [3.05, 3.63) is 34.4 Å². The van der Waals surface area contributed by atoms with E-state index < -0.39 is 16.8 Å². The summed E-state index contributed by atoms with van der Waals surface area (Å²) in [5.41, 5.74) is 0.795. The summed E-state index contributed by atoms with van der Waals surface area (Å²) in [6, 6.07) is 6.18. The monoisotopic (exact) mass is 349 g/mol. The second-order valence-electron chi connectivity index (χ2n) is 6.34. The van der Waals surface area contributed by atoms with Crippen LogP contribution in [0.3, 0.4) is 0 Å². The van der Waals surface area contributed by atoms with Crippen LogP contribution in [0.1, 0.15) is 32.6 Å². The van der Waals surface area contributed by atoms with E-state index in [1.165, 1.54) is 12.1 Å². The van der Waals surface area contributed by atoms with E-state index in [4.69, 9.17) is 5.11 Å². The highest BCUT2D eigenvalue weighted by Gasteiger charge is 2.32. The molecular weight excluding hydrogens is 326 g/mol. The van der Waals surface area contributed by atoms with Gasteiger partial charge in [-0.15, -0.1) is 0 Å². The normalized spacial score (nSPS) is 20.1. The molecule has 1 aromatic carbocycles. The molecule has 1 amide bonds. The number of carboxylic acid groups (broad SMARTS) is 1. The molecule has 136 valence electrons. The van der Waals surface area contributed by atoms with Gasteiger partial charge in [0, 0.05) is 43.4 Å². The summed E-state index contributed by atoms with van der Waals surface area (Å²) in [6.45, 7) is 2.80. The van der Waals surface area contributed by atoms with Gasteiger partial charge in [-0.25, -0.2) is 0 Å². The zero-order valence-electron chi connectivity index (χ0n) is 14.2. The highest BCUT2D eigenvalue weighted by atomic mass is 16.6. The number of carbonyl (C=O) groups is 2. The Labute approximate surface area is 146 Å². The number of nitrogens with zero attached hydrogens (tertiary/aromatic N) is 2. The predicted octanol–water partition coefficient (Wildman–Crippen LogP) is 2.50. The summed E-state index contributed by atoms with van der Waals surface area (Å²) >= 11 is 0. The van der Waals surface area contributed by atoms with Crippen molar-refractivity contribution in [3.63, 3.8) is 0 Å². The van der Waals surface area contributed by atoms with Crippen LogP contribution >= 0.6 is 0 Å². The van der Waals surface area contributed by atoms with Crippen molar-refractivity contribution in [3.8, 4) is 0 Å². The molecule has 1 aromatic rings. The summed E-state index contributed by atoms with van der Waals surface area (Å²) in [7, 11) is 0. The first-order chi connectivity index (χ1) is 11.9. The van der Waals surface area contributed by atoms with E-state index in [1.54, 1.807) is 17.0 Å². The number of nitro benzene ring substituents is 1. The van der Waals surface area contributed by atoms with Crippen molar-refractivity contribution >= 4 is 23.3 Å². The highest BCUT2D eigenvalue weighted by Crippen LogP contribution is 2.23. The van der Waals surface area contributed by atoms with Gasteiger partial charge in [0.25, 0.3) is 5.69 Å². The van der Waals surface area contributed by atoms with E-state index in [9.17, 15) is 19.7 Å². The molecule has 0 aliphatic carbocycles. The largest absolute Gasteiger partial charge is 0.481 e. The quantitative estimate of drug-likeness (QED) is 0.444. The van der Waals surface area contributed by atoms with Gasteiger partial charge in [0.05, 0.1) is 10.8 Å². The lowest BCUT2D eigenvalue weighted by atomic mass is 9.93. The van der Waals surface area contributed by atoms with Crippen LogP contribution in [0.15, 0.2) is 24.3 Å². The van der Waals surface area contributed by atoms with Gasteiger partial charge in [0.15, 0.2) is 0 Å². The molecule has 1 aliphatic heterocycles. The molecule has 8 heteroatoms. The molecule has 2 atom stereocenters. The number of anilines is 1. The number of amides is 1. The maximum Gasteiger partial charge on any atom is 0.308 e. The number of aliphatic carboxylic acids is 1. The number of hydrogen-bond acceptors (Lipinski definition) is 5. The van der Waals surface area contributed by atoms with Gasteiger partial charge in [-0.05, 0) is 38.3 Å². The summed E-state index contributed by atoms with van der Waals surface area (Å²) < 4.78 is 0. The number of non-ortho nitro benzene ring substituents is 1. The van der Waals surface area contributed by atoms with Crippen LogP contribution in [0, 0.1) is 16.0 Å². The van der Waals surface area contributed by atoms with Crippen LogP contribution in [0.5, 0.6) is 0 Å². The Morgan fingerprint density at radius 1 is 1.32 bits per heavy atom. The van der Waals surface area contributed by atoms with Crippen molar-refractivity contribution in [2.45, 2.75) is 38.6 Å². The summed E-state index contributed by atoms with van der Waals surface area (Å²) in [6.07, 6.45) is 2.28. The second kappa shape index (κ2) is 8.46. The number of hydrogen-bond donors (Lipinski definition) is 2. The van der Waals surface area contributed by atoms with Crippen LogP contribution in [0.2, 0.25) is 0 Å². The Morgan fingerprint density at radius 3 is 2.60 bits per heavy atom. The lowest BCUT2D eigenvalue weighted by Gasteiger charge is -2.36. The first-order valence-electron chi connectivity index (χ1n) is 8.39. The van der Waals surface area contributed by atoms with E-state index >= 15 is 0 Å². The molecule has 0 spiro atoms. The van der Waals surface area contributed by atoms with Crippen LogP contribution < -0.4 is 5.32 Å². The Balaban J connectivity index is 1.76. The number of rotatable bonds is 7. The number of nitrogens with one attached hydrogen (secondary N) is 1. The lowest BCUT2D eigenvalue weighted by molar-refractivity contribution is -0.384. The summed E-state index contributed by atoms with van der Waals surface area (Å²) in [5.74, 6) is -1.34. The molecule has 8 nitrogen and oxygen atoms in total. The van der Waals surface area contributed by atoms with Gasteiger partial charge in [0.2, 0.25) is 5.91 Å². The van der Waals surface area contributed by atoms with Crippen molar-refractivity contribution in [2.75, 3.05) is 18.4 Å². The Hall–Kier alpha value is -2.64. The van der Waals surface area contributed by atoms with E-state index in [0.29, 0.717) is 32.2 Å². The first kappa shape index (κ1) is 18.7. The molecule has 0 aromatic heterocycles. The standard InChI is InChI=1S/C17H23N3O5/c1-12-4-5-13(17(22)23)11-19(12)16(21)3-2-10-18-14-6-8-15(9-7-14)20(24)25/h6-9,12-13,18H,2-5,10-11H2,1H3,(H,22,23). The maximum absolute atomic E-state index is 12.3. The number of benzene rings is 1. The minimum Gasteiger partial charge on any atom is -0.481 e. The van der Waals surface area contributed by atoms with E-state index in [2.05, 4.69) is 5.32 Å². The van der Waals surface area contributed by atoms with Crippen LogP contribution in [0.25, 0.3) is 0 Å². The Bertz CT molecular complexity index is 632. The van der Waals surface area contributed by atoms with E-state index in [0.717, 1.165) is 5.69 Å². The fourth-order valence-corrected chi connectivity index (χ4v) is 2.97. The van der Waals surface area contributed by atoms with Crippen LogP contribution in [-0.4, -0.2) is 45.9 Å². The molecule has 0 saturated carbocycles. The minimum absolute atomic E-state index is 0.0241. The van der Waals surface area contributed by atoms with Gasteiger partial charge in [0.1, 0.15) is 0 Å². The summed E-state index contributed by atoms with van der Waals surface area (Å²) in [4.78, 5) is 35.3. The van der Waals surface area contributed by atoms with Crippen molar-refractivity contribution in [2.24, 2.45) is 5.92 Å². The smallest absolute Gasteiger partial charge is 0.308 e. The topological polar surface area (TPSA) is 113 Å². The van der Waals surface area contributed by atoms with E-state index in [-0.39, 0.29) is 24.2 Å². The van der Waals surface area contributed by atoms with Crippen molar-refractivity contribution in [1.82, 2.24) is 4.90 Å². The second-order valence-corrected chi connectivity index (χ2v) is 6.34. The van der Waals surface area contributed by atoms with Gasteiger partial charge in [-0.2, -0.15) is 0 Å². The predicted molar refractivity (Wildman–Crippen MR) is 92.4 cm³/mol. The zero-order chi connectivity index (χ0) is 18.4. The van der Waals surface area contributed by atoms with Crippen LogP contribution in [-0.2, 0) is 9.59 Å². The molecule has 1 aliphatic rings. The number of carbonyl (C=O) groups excluding carboxylic acids is 1. The molecular formula is C17H23N3O5. The summed E-state index contributed by atoms with van der Waals surface area (Å²) in [5, 5.41) is 22.8. The molecule has 1 heterocycles. The molecule has 2 rings (SSSR count). The molecule has 25 heavy (non-hydrogen) atoms. The van der Waals surface area contributed by atoms with Crippen LogP contribution in [0.4, 0.5) is 11.4 Å². The molecule has 0 bridgehead atoms. The van der Waals surface area contributed by atoms with Gasteiger partial charge in [-0.3, -0.25) is 19.7 Å². The number of nitro groups is 1. The van der Waals surface area contributed by atoms with Gasteiger partial charge < -0.3 is 15.3 Å². The molecule has 2 N–H and O–H groups in total. The highest BCUT2D eigenvalue weighted by molar-refractivity contribution is 5.78. The third-order valence-electron chi connectivity index (χ3n) is 4.53. The lowest BCUT2D eigenvalue weighted by Crippen LogP contribution is -2.47. The maximum atomic E-state index is 12.3. The number of piperidine rings is 1. The Morgan fingerprint density at radius 2 is 2.00 bits per heavy atom. The number of carboxylic acids is 1. The van der Waals surface area contributed by atoms with Gasteiger partial charge in [-0.1, -0.05) is 0 Å².